The average molecular weight is 268 g/mol. The molecule has 2 N–H and O–H groups in total. The molecule has 0 fully saturated rings. The second kappa shape index (κ2) is 8.93. The van der Waals surface area contributed by atoms with Gasteiger partial charge in [0.05, 0.1) is 26.9 Å². The van der Waals surface area contributed by atoms with Crippen LogP contribution in [0.4, 0.5) is 0 Å². The molecule has 19 heavy (non-hydrogen) atoms. The first-order valence-electron chi connectivity index (χ1n) is 6.37. The first-order valence-corrected chi connectivity index (χ1v) is 6.37. The van der Waals surface area contributed by atoms with Gasteiger partial charge in [-0.05, 0) is 29.6 Å². The quantitative estimate of drug-likeness (QED) is 0.498. The molecule has 106 valence electrons. The van der Waals surface area contributed by atoms with Crippen LogP contribution in [0.5, 0.6) is 5.75 Å². The normalized spacial score (nSPS) is 10.5. The van der Waals surface area contributed by atoms with E-state index in [0.29, 0.717) is 36.6 Å². The molecule has 5 nitrogen and oxygen atoms in total. The highest BCUT2D eigenvalue weighted by molar-refractivity contribution is 6.59. The highest BCUT2D eigenvalue weighted by Crippen LogP contribution is 2.12. The molecule has 1 aromatic carbocycles. The molecule has 1 rings (SSSR count). The minimum absolute atomic E-state index is 0.291. The maximum absolute atomic E-state index is 9.28. The van der Waals surface area contributed by atoms with E-state index in [9.17, 15) is 10.0 Å². The maximum atomic E-state index is 9.28. The standard InChI is InChI=1S/C13H21BO5/c1-3-6-18-7-8-19-10-11-9-12(17-2)4-5-13(11)14(15)16/h4-5,9,15-16H,3,6-8,10H2,1-2H3. The summed E-state index contributed by atoms with van der Waals surface area (Å²) in [7, 11) is 0.0500. The van der Waals surface area contributed by atoms with Crippen molar-refractivity contribution in [1.82, 2.24) is 0 Å². The third kappa shape index (κ3) is 5.61. The Balaban J connectivity index is 2.50. The Labute approximate surface area is 114 Å². The number of hydrogen-bond acceptors (Lipinski definition) is 5. The van der Waals surface area contributed by atoms with E-state index >= 15 is 0 Å². The lowest BCUT2D eigenvalue weighted by Crippen LogP contribution is -2.33. The molecular formula is C13H21BO5. The van der Waals surface area contributed by atoms with Gasteiger partial charge in [0.1, 0.15) is 5.75 Å². The Morgan fingerprint density at radius 3 is 2.47 bits per heavy atom. The van der Waals surface area contributed by atoms with Crippen LogP contribution in [0.2, 0.25) is 0 Å². The summed E-state index contributed by atoms with van der Waals surface area (Å²) in [4.78, 5) is 0. The molecular weight excluding hydrogens is 247 g/mol. The van der Waals surface area contributed by atoms with Gasteiger partial charge in [-0.1, -0.05) is 13.0 Å². The number of hydrogen-bond donors (Lipinski definition) is 2. The Morgan fingerprint density at radius 2 is 1.84 bits per heavy atom. The first kappa shape index (κ1) is 16.0. The molecule has 0 amide bonds. The van der Waals surface area contributed by atoms with E-state index in [1.165, 1.54) is 0 Å². The molecule has 6 heteroatoms. The van der Waals surface area contributed by atoms with Crippen LogP contribution in [0.1, 0.15) is 18.9 Å². The fraction of sp³-hybridized carbons (Fsp3) is 0.538. The molecule has 0 unspecified atom stereocenters. The van der Waals surface area contributed by atoms with Gasteiger partial charge in [0.15, 0.2) is 0 Å². The van der Waals surface area contributed by atoms with Crippen LogP contribution >= 0.6 is 0 Å². The molecule has 0 saturated carbocycles. The Morgan fingerprint density at radius 1 is 1.11 bits per heavy atom. The highest BCUT2D eigenvalue weighted by atomic mass is 16.5. The van der Waals surface area contributed by atoms with Gasteiger partial charge in [0.2, 0.25) is 0 Å². The van der Waals surface area contributed by atoms with E-state index in [4.69, 9.17) is 14.2 Å². The van der Waals surface area contributed by atoms with E-state index in [1.807, 2.05) is 6.92 Å². The van der Waals surface area contributed by atoms with Gasteiger partial charge in [0, 0.05) is 6.61 Å². The zero-order chi connectivity index (χ0) is 14.1. The van der Waals surface area contributed by atoms with Crippen LogP contribution in [-0.2, 0) is 16.1 Å². The monoisotopic (exact) mass is 268 g/mol. The smallest absolute Gasteiger partial charge is 0.488 e. The fourth-order valence-corrected chi connectivity index (χ4v) is 1.63. The maximum Gasteiger partial charge on any atom is 0.488 e. The lowest BCUT2D eigenvalue weighted by molar-refractivity contribution is 0.0410. The molecule has 0 aliphatic carbocycles. The van der Waals surface area contributed by atoms with Crippen molar-refractivity contribution in [1.29, 1.82) is 0 Å². The summed E-state index contributed by atoms with van der Waals surface area (Å²) in [6.07, 6.45) is 0.983. The van der Waals surface area contributed by atoms with E-state index in [0.717, 1.165) is 13.0 Å². The van der Waals surface area contributed by atoms with Crippen LogP contribution < -0.4 is 10.2 Å². The number of rotatable bonds is 9. The summed E-state index contributed by atoms with van der Waals surface area (Å²) in [5, 5.41) is 18.6. The van der Waals surface area contributed by atoms with Crippen LogP contribution in [0.3, 0.4) is 0 Å². The fourth-order valence-electron chi connectivity index (χ4n) is 1.63. The van der Waals surface area contributed by atoms with Crippen molar-refractivity contribution in [2.75, 3.05) is 26.9 Å². The van der Waals surface area contributed by atoms with Crippen LogP contribution in [0.25, 0.3) is 0 Å². The molecule has 0 aromatic heterocycles. The second-order valence-electron chi connectivity index (χ2n) is 4.10. The van der Waals surface area contributed by atoms with Gasteiger partial charge in [-0.15, -0.1) is 0 Å². The lowest BCUT2D eigenvalue weighted by Gasteiger charge is -2.11. The van der Waals surface area contributed by atoms with E-state index in [1.54, 1.807) is 25.3 Å². The Kier molecular flexibility index (Phi) is 7.51. The highest BCUT2D eigenvalue weighted by Gasteiger charge is 2.16. The van der Waals surface area contributed by atoms with Crippen molar-refractivity contribution >= 4 is 12.6 Å². The molecule has 0 aliphatic rings. The van der Waals surface area contributed by atoms with Gasteiger partial charge in [-0.2, -0.15) is 0 Å². The van der Waals surface area contributed by atoms with Crippen molar-refractivity contribution < 1.29 is 24.3 Å². The molecule has 1 aromatic rings. The topological polar surface area (TPSA) is 68.2 Å². The Hall–Kier alpha value is -1.08. The molecule has 0 bridgehead atoms. The molecule has 0 saturated heterocycles. The minimum Gasteiger partial charge on any atom is -0.497 e. The predicted molar refractivity (Wildman–Crippen MR) is 73.6 cm³/mol. The van der Waals surface area contributed by atoms with E-state index in [-0.39, 0.29) is 0 Å². The average Bonchev–Trinajstić information content (AvgIpc) is 2.42. The van der Waals surface area contributed by atoms with Crippen molar-refractivity contribution in [3.8, 4) is 5.75 Å². The summed E-state index contributed by atoms with van der Waals surface area (Å²) in [6.45, 7) is 4.07. The predicted octanol–water partition coefficient (Wildman–Crippen LogP) is 0.318. The van der Waals surface area contributed by atoms with Gasteiger partial charge in [-0.3, -0.25) is 0 Å². The first-order chi connectivity index (χ1) is 9.19. The molecule has 0 aliphatic heterocycles. The van der Waals surface area contributed by atoms with Gasteiger partial charge >= 0.3 is 7.12 Å². The SMILES string of the molecule is CCCOCCOCc1cc(OC)ccc1B(O)O. The molecule has 0 radical (unpaired) electrons. The summed E-state index contributed by atoms with van der Waals surface area (Å²) in [5.41, 5.74) is 1.13. The lowest BCUT2D eigenvalue weighted by atomic mass is 9.77. The summed E-state index contributed by atoms with van der Waals surface area (Å²) >= 11 is 0. The van der Waals surface area contributed by atoms with Gasteiger partial charge in [-0.25, -0.2) is 0 Å². The van der Waals surface area contributed by atoms with Gasteiger partial charge < -0.3 is 24.3 Å². The number of methoxy groups -OCH3 is 1. The number of benzene rings is 1. The minimum atomic E-state index is -1.51. The molecule has 0 spiro atoms. The van der Waals surface area contributed by atoms with Crippen LogP contribution in [0.15, 0.2) is 18.2 Å². The molecule has 0 heterocycles. The van der Waals surface area contributed by atoms with Gasteiger partial charge in [0.25, 0.3) is 0 Å². The number of ether oxygens (including phenoxy) is 3. The Bertz CT molecular complexity index is 370. The van der Waals surface area contributed by atoms with Crippen molar-refractivity contribution in [2.45, 2.75) is 20.0 Å². The summed E-state index contributed by atoms with van der Waals surface area (Å²) < 4.78 is 15.9. The van der Waals surface area contributed by atoms with Crippen LogP contribution in [-0.4, -0.2) is 44.1 Å². The second-order valence-corrected chi connectivity index (χ2v) is 4.10. The zero-order valence-electron chi connectivity index (χ0n) is 11.5. The summed E-state index contributed by atoms with van der Waals surface area (Å²) in [5.74, 6) is 0.658. The van der Waals surface area contributed by atoms with Crippen LogP contribution in [0, 0.1) is 0 Å². The largest absolute Gasteiger partial charge is 0.497 e. The van der Waals surface area contributed by atoms with E-state index < -0.39 is 7.12 Å². The molecule has 0 atom stereocenters. The summed E-state index contributed by atoms with van der Waals surface area (Å²) in [6, 6.07) is 5.04. The third-order valence-corrected chi connectivity index (χ3v) is 2.61. The van der Waals surface area contributed by atoms with Crippen molar-refractivity contribution in [3.63, 3.8) is 0 Å². The van der Waals surface area contributed by atoms with E-state index in [2.05, 4.69) is 0 Å². The van der Waals surface area contributed by atoms with Crippen molar-refractivity contribution in [2.24, 2.45) is 0 Å². The zero-order valence-corrected chi connectivity index (χ0v) is 11.5. The van der Waals surface area contributed by atoms with Crippen molar-refractivity contribution in [3.05, 3.63) is 23.8 Å². The third-order valence-electron chi connectivity index (χ3n) is 2.61.